The van der Waals surface area contributed by atoms with Gasteiger partial charge < -0.3 is 9.47 Å². The summed E-state index contributed by atoms with van der Waals surface area (Å²) in [6.07, 6.45) is -4.68. The van der Waals surface area contributed by atoms with Crippen molar-refractivity contribution in [3.63, 3.8) is 0 Å². The van der Waals surface area contributed by atoms with Crippen molar-refractivity contribution in [2.24, 2.45) is 0 Å². The molecule has 27 heavy (non-hydrogen) atoms. The van der Waals surface area contributed by atoms with E-state index < -0.39 is 22.0 Å². The zero-order valence-corrected chi connectivity index (χ0v) is 16.6. The molecule has 0 heterocycles. The van der Waals surface area contributed by atoms with Crippen LogP contribution in [0.5, 0.6) is 11.5 Å². The van der Waals surface area contributed by atoms with Crippen molar-refractivity contribution in [3.8, 4) is 11.5 Å². The van der Waals surface area contributed by atoms with Gasteiger partial charge >= 0.3 is 12.1 Å². The summed E-state index contributed by atoms with van der Waals surface area (Å²) in [6.45, 7) is 0. The van der Waals surface area contributed by atoms with E-state index in [0.717, 1.165) is 7.11 Å². The Bertz CT molecular complexity index is 831. The summed E-state index contributed by atoms with van der Waals surface area (Å²) in [6, 6.07) is 7.66. The lowest BCUT2D eigenvalue weighted by atomic mass is 10.1. The number of rotatable bonds is 5. The Balaban J connectivity index is 2.28. The zero-order chi connectivity index (χ0) is 20.4. The summed E-state index contributed by atoms with van der Waals surface area (Å²) < 4.78 is 46.6. The topological polar surface area (TPSA) is 35.5 Å². The third-order valence-corrected chi connectivity index (χ3v) is 4.49. The number of hydrogen-bond acceptors (Lipinski definition) is 3. The first-order chi connectivity index (χ1) is 12.4. The maximum Gasteiger partial charge on any atom is 0.416 e. The van der Waals surface area contributed by atoms with Crippen LogP contribution in [0.4, 0.5) is 13.2 Å². The second-order valence-electron chi connectivity index (χ2n) is 5.39. The maximum absolute atomic E-state index is 12.8. The monoisotopic (exact) mass is 460 g/mol. The molecular formula is C17H11Cl4F3O3. The molecule has 0 saturated heterocycles. The second kappa shape index (κ2) is 8.35. The van der Waals surface area contributed by atoms with Crippen LogP contribution in [0.3, 0.4) is 0 Å². The number of halogens is 7. The largest absolute Gasteiger partial charge is 0.467 e. The van der Waals surface area contributed by atoms with Crippen molar-refractivity contribution in [2.45, 2.75) is 16.9 Å². The number of carbonyl (C=O) groups excluding carboxylic acids is 1. The summed E-state index contributed by atoms with van der Waals surface area (Å²) in [5.74, 6) is -0.754. The third-order valence-electron chi connectivity index (χ3n) is 3.35. The lowest BCUT2D eigenvalue weighted by Gasteiger charge is -2.17. The van der Waals surface area contributed by atoms with Crippen LogP contribution in [0.25, 0.3) is 0 Å². The molecule has 2 rings (SSSR count). The summed E-state index contributed by atoms with van der Waals surface area (Å²) in [5, 5.41) is -0.613. The van der Waals surface area contributed by atoms with Crippen molar-refractivity contribution in [3.05, 3.63) is 57.6 Å². The molecule has 0 fully saturated rings. The van der Waals surface area contributed by atoms with E-state index in [1.165, 1.54) is 12.1 Å². The Morgan fingerprint density at radius 2 is 1.67 bits per heavy atom. The Morgan fingerprint density at radius 1 is 1.07 bits per heavy atom. The van der Waals surface area contributed by atoms with Crippen LogP contribution in [0.1, 0.15) is 11.1 Å². The van der Waals surface area contributed by atoms with Gasteiger partial charge in [-0.05, 0) is 29.8 Å². The van der Waals surface area contributed by atoms with E-state index in [0.29, 0.717) is 17.7 Å². The molecule has 2 aromatic rings. The minimum absolute atomic E-state index is 0.0888. The van der Waals surface area contributed by atoms with E-state index in [1.807, 2.05) is 0 Å². The molecule has 0 amide bonds. The predicted molar refractivity (Wildman–Crippen MR) is 98.1 cm³/mol. The van der Waals surface area contributed by atoms with Gasteiger partial charge in [-0.1, -0.05) is 58.5 Å². The van der Waals surface area contributed by atoms with Crippen LogP contribution >= 0.6 is 46.4 Å². The van der Waals surface area contributed by atoms with Gasteiger partial charge in [-0.15, -0.1) is 0 Å². The molecule has 0 bridgehead atoms. The molecular weight excluding hydrogens is 451 g/mol. The molecule has 146 valence electrons. The minimum atomic E-state index is -4.59. The molecule has 2 aromatic carbocycles. The smallest absolute Gasteiger partial charge is 0.416 e. The van der Waals surface area contributed by atoms with Crippen LogP contribution in [-0.2, 0) is 22.1 Å². The highest BCUT2D eigenvalue weighted by atomic mass is 35.5. The first kappa shape index (κ1) is 22.0. The minimum Gasteiger partial charge on any atom is -0.467 e. The lowest BCUT2D eigenvalue weighted by Crippen LogP contribution is -2.29. The predicted octanol–water partition coefficient (Wildman–Crippen LogP) is 6.69. The Hall–Kier alpha value is -1.34. The van der Waals surface area contributed by atoms with Crippen molar-refractivity contribution in [1.82, 2.24) is 0 Å². The quantitative estimate of drug-likeness (QED) is 0.367. The number of hydrogen-bond donors (Lipinski definition) is 0. The van der Waals surface area contributed by atoms with Gasteiger partial charge in [-0.3, -0.25) is 0 Å². The van der Waals surface area contributed by atoms with Gasteiger partial charge in [-0.25, -0.2) is 4.79 Å². The molecule has 0 aliphatic rings. The first-order valence-electron chi connectivity index (χ1n) is 7.23. The van der Waals surface area contributed by atoms with Crippen LogP contribution in [-0.4, -0.2) is 17.4 Å². The standard InChI is InChI=1S/C17H11Cl4F3O3/c1-26-15(25)16(20,21)8-9-3-2-4-11(5-9)27-14-12(18)6-10(7-13(14)19)17(22,23)24/h2-7H,8H2,1H3. The number of methoxy groups -OCH3 is 1. The molecule has 0 aliphatic heterocycles. The Kier molecular flexibility index (Phi) is 6.79. The summed E-state index contributed by atoms with van der Waals surface area (Å²) in [4.78, 5) is 11.6. The fourth-order valence-electron chi connectivity index (χ4n) is 2.14. The molecule has 0 aromatic heterocycles. The fourth-order valence-corrected chi connectivity index (χ4v) is 3.16. The summed E-state index contributed by atoms with van der Waals surface area (Å²) in [7, 11) is 1.15. The molecule has 0 radical (unpaired) electrons. The molecule has 0 aliphatic carbocycles. The number of carbonyl (C=O) groups is 1. The van der Waals surface area contributed by atoms with E-state index in [1.54, 1.807) is 12.1 Å². The molecule has 0 unspecified atom stereocenters. The lowest BCUT2D eigenvalue weighted by molar-refractivity contribution is -0.141. The van der Waals surface area contributed by atoms with Gasteiger partial charge in [0.1, 0.15) is 5.75 Å². The SMILES string of the molecule is COC(=O)C(Cl)(Cl)Cc1cccc(Oc2c(Cl)cc(C(F)(F)F)cc2Cl)c1. The van der Waals surface area contributed by atoms with Gasteiger partial charge in [0.2, 0.25) is 4.33 Å². The zero-order valence-electron chi connectivity index (χ0n) is 13.5. The molecule has 0 saturated carbocycles. The molecule has 0 atom stereocenters. The van der Waals surface area contributed by atoms with Gasteiger partial charge in [0, 0.05) is 6.42 Å². The van der Waals surface area contributed by atoms with Crippen LogP contribution in [0, 0.1) is 0 Å². The van der Waals surface area contributed by atoms with Crippen LogP contribution in [0.15, 0.2) is 36.4 Å². The Labute approximate surface area is 172 Å². The average molecular weight is 462 g/mol. The van der Waals surface area contributed by atoms with Crippen molar-refractivity contribution >= 4 is 52.4 Å². The molecule has 0 N–H and O–H groups in total. The fraction of sp³-hybridized carbons (Fsp3) is 0.235. The maximum atomic E-state index is 12.8. The van der Waals surface area contributed by atoms with Gasteiger partial charge in [0.25, 0.3) is 0 Å². The van der Waals surface area contributed by atoms with E-state index in [9.17, 15) is 18.0 Å². The van der Waals surface area contributed by atoms with Crippen molar-refractivity contribution in [2.75, 3.05) is 7.11 Å². The van der Waals surface area contributed by atoms with Gasteiger partial charge in [0.05, 0.1) is 22.7 Å². The highest BCUT2D eigenvalue weighted by Crippen LogP contribution is 2.42. The first-order valence-corrected chi connectivity index (χ1v) is 8.74. The molecule has 10 heteroatoms. The third kappa shape index (κ3) is 5.57. The molecule has 0 spiro atoms. The van der Waals surface area contributed by atoms with Crippen LogP contribution < -0.4 is 4.74 Å². The van der Waals surface area contributed by atoms with Gasteiger partial charge in [-0.2, -0.15) is 13.2 Å². The van der Waals surface area contributed by atoms with Crippen LogP contribution in [0.2, 0.25) is 10.0 Å². The van der Waals surface area contributed by atoms with E-state index in [-0.39, 0.29) is 28.0 Å². The van der Waals surface area contributed by atoms with E-state index in [4.69, 9.17) is 51.1 Å². The summed E-state index contributed by atoms with van der Waals surface area (Å²) >= 11 is 23.7. The van der Waals surface area contributed by atoms with Gasteiger partial charge in [0.15, 0.2) is 5.75 Å². The number of ether oxygens (including phenoxy) is 2. The number of esters is 1. The average Bonchev–Trinajstić information content (AvgIpc) is 2.56. The summed E-state index contributed by atoms with van der Waals surface area (Å²) in [5.41, 5.74) is -0.479. The highest BCUT2D eigenvalue weighted by Gasteiger charge is 2.35. The van der Waals surface area contributed by atoms with Crippen molar-refractivity contribution in [1.29, 1.82) is 0 Å². The Morgan fingerprint density at radius 3 is 2.19 bits per heavy atom. The number of benzene rings is 2. The second-order valence-corrected chi connectivity index (χ2v) is 7.69. The highest BCUT2D eigenvalue weighted by molar-refractivity contribution is 6.57. The molecule has 3 nitrogen and oxygen atoms in total. The number of alkyl halides is 5. The van der Waals surface area contributed by atoms with E-state index >= 15 is 0 Å². The van der Waals surface area contributed by atoms with Crippen molar-refractivity contribution < 1.29 is 27.4 Å². The normalized spacial score (nSPS) is 12.0. The van der Waals surface area contributed by atoms with E-state index in [2.05, 4.69) is 4.74 Å².